The van der Waals surface area contributed by atoms with Crippen LogP contribution in [0.25, 0.3) is 0 Å². The van der Waals surface area contributed by atoms with E-state index in [-0.39, 0.29) is 17.7 Å². The van der Waals surface area contributed by atoms with Crippen LogP contribution in [0.1, 0.15) is 43.6 Å². The summed E-state index contributed by atoms with van der Waals surface area (Å²) in [5.74, 6) is -0.796. The first-order valence-corrected chi connectivity index (χ1v) is 7.38. The molecule has 20 heavy (non-hydrogen) atoms. The Morgan fingerprint density at radius 3 is 2.75 bits per heavy atom. The average Bonchev–Trinajstić information content (AvgIpc) is 2.65. The minimum Gasteiger partial charge on any atom is -0.508 e. The van der Waals surface area contributed by atoms with Crippen LogP contribution in [-0.4, -0.2) is 29.3 Å². The summed E-state index contributed by atoms with van der Waals surface area (Å²) in [7, 11) is 2.03. The van der Waals surface area contributed by atoms with Crippen LogP contribution in [0, 0.1) is 5.92 Å². The van der Waals surface area contributed by atoms with Crippen molar-refractivity contribution in [3.63, 3.8) is 0 Å². The Balaban J connectivity index is 2.12. The number of carbonyl (C=O) groups is 1. The lowest BCUT2D eigenvalue weighted by Gasteiger charge is -2.44. The van der Waals surface area contributed by atoms with Crippen molar-refractivity contribution >= 4 is 11.7 Å². The van der Waals surface area contributed by atoms with Gasteiger partial charge in [0.05, 0.1) is 5.92 Å². The van der Waals surface area contributed by atoms with E-state index in [1.165, 1.54) is 6.42 Å². The van der Waals surface area contributed by atoms with Gasteiger partial charge in [-0.05, 0) is 30.4 Å². The molecule has 1 heterocycles. The maximum absolute atomic E-state index is 11.8. The topological polar surface area (TPSA) is 60.8 Å². The number of hydrogen-bond donors (Lipinski definition) is 2. The molecule has 1 aromatic rings. The molecule has 0 saturated heterocycles. The number of carboxylic acids is 1. The largest absolute Gasteiger partial charge is 0.508 e. The summed E-state index contributed by atoms with van der Waals surface area (Å²) in [6.45, 7) is 0. The molecule has 108 valence electrons. The van der Waals surface area contributed by atoms with Gasteiger partial charge in [0.15, 0.2) is 0 Å². The van der Waals surface area contributed by atoms with Gasteiger partial charge >= 0.3 is 5.97 Å². The van der Waals surface area contributed by atoms with Gasteiger partial charge in [0.25, 0.3) is 0 Å². The highest BCUT2D eigenvalue weighted by atomic mass is 16.4. The summed E-state index contributed by atoms with van der Waals surface area (Å²) >= 11 is 0. The third kappa shape index (κ3) is 2.03. The van der Waals surface area contributed by atoms with Gasteiger partial charge in [-0.1, -0.05) is 25.3 Å². The molecule has 0 radical (unpaired) electrons. The third-order valence-corrected chi connectivity index (χ3v) is 4.95. The zero-order valence-electron chi connectivity index (χ0n) is 11.7. The lowest BCUT2D eigenvalue weighted by Crippen LogP contribution is -2.46. The van der Waals surface area contributed by atoms with Crippen molar-refractivity contribution in [2.75, 3.05) is 11.9 Å². The summed E-state index contributed by atoms with van der Waals surface area (Å²) in [5.41, 5.74) is 1.72. The van der Waals surface area contributed by atoms with Crippen molar-refractivity contribution in [1.29, 1.82) is 0 Å². The van der Waals surface area contributed by atoms with E-state index < -0.39 is 11.9 Å². The molecule has 1 aromatic carbocycles. The van der Waals surface area contributed by atoms with Crippen LogP contribution in [0.3, 0.4) is 0 Å². The van der Waals surface area contributed by atoms with E-state index in [2.05, 4.69) is 4.90 Å². The molecule has 1 aliphatic carbocycles. The molecule has 1 saturated carbocycles. The molecule has 1 fully saturated rings. The zero-order valence-corrected chi connectivity index (χ0v) is 11.7. The van der Waals surface area contributed by atoms with Gasteiger partial charge in [0.1, 0.15) is 5.75 Å². The maximum Gasteiger partial charge on any atom is 0.311 e. The number of phenolic OH excluding ortho intramolecular Hbond substituents is 1. The van der Waals surface area contributed by atoms with Gasteiger partial charge in [-0.25, -0.2) is 0 Å². The normalized spacial score (nSPS) is 29.2. The minimum absolute atomic E-state index is 0.178. The summed E-state index contributed by atoms with van der Waals surface area (Å²) in [5, 5.41) is 19.4. The maximum atomic E-state index is 11.8. The summed E-state index contributed by atoms with van der Waals surface area (Å²) in [4.78, 5) is 14.0. The van der Waals surface area contributed by atoms with Gasteiger partial charge in [0, 0.05) is 24.8 Å². The Bertz CT molecular complexity index is 528. The summed E-state index contributed by atoms with van der Waals surface area (Å²) in [6.07, 6.45) is 5.49. The van der Waals surface area contributed by atoms with E-state index in [0.717, 1.165) is 36.9 Å². The average molecular weight is 275 g/mol. The Morgan fingerprint density at radius 1 is 1.25 bits per heavy atom. The highest BCUT2D eigenvalue weighted by molar-refractivity contribution is 5.81. The van der Waals surface area contributed by atoms with Gasteiger partial charge in [-0.2, -0.15) is 0 Å². The van der Waals surface area contributed by atoms with Gasteiger partial charge in [-0.15, -0.1) is 0 Å². The van der Waals surface area contributed by atoms with Crippen LogP contribution < -0.4 is 4.90 Å². The number of aliphatic carboxylic acids is 1. The molecule has 0 aromatic heterocycles. The predicted octanol–water partition coefficient (Wildman–Crippen LogP) is 2.96. The Morgan fingerprint density at radius 2 is 2.00 bits per heavy atom. The Kier molecular flexibility index (Phi) is 3.32. The molecule has 3 rings (SSSR count). The molecule has 0 amide bonds. The van der Waals surface area contributed by atoms with Gasteiger partial charge in [0.2, 0.25) is 0 Å². The van der Waals surface area contributed by atoms with Crippen molar-refractivity contribution < 1.29 is 15.0 Å². The van der Waals surface area contributed by atoms with Crippen LogP contribution in [0.15, 0.2) is 18.2 Å². The number of phenols is 1. The number of carboxylic acid groups (broad SMARTS) is 1. The predicted molar refractivity (Wildman–Crippen MR) is 77.2 cm³/mol. The quantitative estimate of drug-likeness (QED) is 0.827. The van der Waals surface area contributed by atoms with E-state index in [4.69, 9.17) is 0 Å². The number of rotatable bonds is 1. The molecule has 4 nitrogen and oxygen atoms in total. The molecular weight excluding hydrogens is 254 g/mol. The smallest absolute Gasteiger partial charge is 0.311 e. The van der Waals surface area contributed by atoms with Crippen LogP contribution in [-0.2, 0) is 4.79 Å². The second-order valence-electron chi connectivity index (χ2n) is 6.04. The lowest BCUT2D eigenvalue weighted by atomic mass is 9.74. The van der Waals surface area contributed by atoms with Gasteiger partial charge in [-0.3, -0.25) is 4.79 Å². The monoisotopic (exact) mass is 275 g/mol. The molecule has 2 aliphatic rings. The fraction of sp³-hybridized carbons (Fsp3) is 0.562. The number of fused-ring (bicyclic) bond motifs is 2. The first kappa shape index (κ1) is 13.3. The number of nitrogens with zero attached hydrogens (tertiary/aromatic N) is 1. The third-order valence-electron chi connectivity index (χ3n) is 4.95. The summed E-state index contributed by atoms with van der Waals surface area (Å²) < 4.78 is 0. The number of hydrogen-bond acceptors (Lipinski definition) is 3. The van der Waals surface area contributed by atoms with Crippen molar-refractivity contribution in [1.82, 2.24) is 0 Å². The SMILES string of the molecule is CN1c2cc(O)ccc2C(C(=O)O)C2CCCCCC21. The molecular formula is C16H21NO3. The molecule has 4 heteroatoms. The van der Waals surface area contributed by atoms with Gasteiger partial charge < -0.3 is 15.1 Å². The van der Waals surface area contributed by atoms with Crippen LogP contribution in [0.5, 0.6) is 5.75 Å². The van der Waals surface area contributed by atoms with E-state index in [1.54, 1.807) is 18.2 Å². The number of anilines is 1. The van der Waals surface area contributed by atoms with Crippen LogP contribution in [0.2, 0.25) is 0 Å². The van der Waals surface area contributed by atoms with E-state index in [9.17, 15) is 15.0 Å². The molecule has 3 atom stereocenters. The molecule has 2 N–H and O–H groups in total. The first-order valence-electron chi connectivity index (χ1n) is 7.38. The van der Waals surface area contributed by atoms with Crippen LogP contribution >= 0.6 is 0 Å². The molecule has 3 unspecified atom stereocenters. The minimum atomic E-state index is -0.734. The second-order valence-corrected chi connectivity index (χ2v) is 6.04. The molecule has 0 spiro atoms. The number of aromatic hydroxyl groups is 1. The highest BCUT2D eigenvalue weighted by Gasteiger charge is 2.43. The number of benzene rings is 1. The lowest BCUT2D eigenvalue weighted by molar-refractivity contribution is -0.140. The van der Waals surface area contributed by atoms with E-state index in [0.29, 0.717) is 0 Å². The Hall–Kier alpha value is -1.71. The summed E-state index contributed by atoms with van der Waals surface area (Å²) in [6, 6.07) is 5.35. The fourth-order valence-electron chi connectivity index (χ4n) is 4.01. The molecule has 0 bridgehead atoms. The van der Waals surface area contributed by atoms with Crippen molar-refractivity contribution in [2.24, 2.45) is 5.92 Å². The standard InChI is InChI=1S/C16H21NO3/c1-17-13-6-4-2-3-5-11(13)15(16(19)20)12-8-7-10(18)9-14(12)17/h7-9,11,13,15,18H,2-6H2,1H3,(H,19,20). The zero-order chi connectivity index (χ0) is 14.3. The van der Waals surface area contributed by atoms with Crippen LogP contribution in [0.4, 0.5) is 5.69 Å². The van der Waals surface area contributed by atoms with Crippen molar-refractivity contribution in [2.45, 2.75) is 44.1 Å². The first-order chi connectivity index (χ1) is 9.59. The van der Waals surface area contributed by atoms with E-state index in [1.807, 2.05) is 7.05 Å². The van der Waals surface area contributed by atoms with Crippen molar-refractivity contribution in [3.8, 4) is 5.75 Å². The highest BCUT2D eigenvalue weighted by Crippen LogP contribution is 2.47. The fourth-order valence-corrected chi connectivity index (χ4v) is 4.01. The Labute approximate surface area is 119 Å². The van der Waals surface area contributed by atoms with E-state index >= 15 is 0 Å². The van der Waals surface area contributed by atoms with Crippen molar-refractivity contribution in [3.05, 3.63) is 23.8 Å². The molecule has 1 aliphatic heterocycles. The second kappa shape index (κ2) is 5.00.